The summed E-state index contributed by atoms with van der Waals surface area (Å²) in [7, 11) is 4.80. The number of cyclic esters (lactones) is 1. The first-order valence-electron chi connectivity index (χ1n) is 33.0. The van der Waals surface area contributed by atoms with Gasteiger partial charge in [0.1, 0.15) is 59.8 Å². The minimum absolute atomic E-state index is 0.00907. The van der Waals surface area contributed by atoms with Crippen molar-refractivity contribution in [3.8, 4) is 17.1 Å². The molecule has 0 unspecified atom stereocenters. The highest BCUT2D eigenvalue weighted by Gasteiger charge is 2.48. The van der Waals surface area contributed by atoms with E-state index in [1.807, 2.05) is 62.4 Å². The van der Waals surface area contributed by atoms with Crippen LogP contribution in [-0.2, 0) is 56.1 Å². The Morgan fingerprint density at radius 2 is 1.62 bits per heavy atom. The summed E-state index contributed by atoms with van der Waals surface area (Å²) in [6.07, 6.45) is 9.73. The summed E-state index contributed by atoms with van der Waals surface area (Å²) in [5.41, 5.74) is 4.40. The Morgan fingerprint density at radius 3 is 2.37 bits per heavy atom. The third-order valence-corrected chi connectivity index (χ3v) is 18.9. The number of carbonyl (C=O) groups is 5. The molecule has 3 aliphatic rings. The highest BCUT2D eigenvalue weighted by atomic mass is 35.5. The number of aliphatic hydroxyl groups excluding tert-OH is 1. The fourth-order valence-electron chi connectivity index (χ4n) is 13.0. The number of aliphatic hydroxyl groups is 3. The highest BCUT2D eigenvalue weighted by Crippen LogP contribution is 2.36. The van der Waals surface area contributed by atoms with Crippen LogP contribution in [0.5, 0.6) is 5.75 Å². The van der Waals surface area contributed by atoms with Crippen LogP contribution in [0.25, 0.3) is 22.2 Å². The standard InChI is InChI=1S/C72H94ClFN6O14/c1-44-32-50(16-12-22-66(83)76-30-29-75-41-57-25-28-64(93-57)51-23-26-60-58(38-51)69(78-43-77-60)79-53-24-27-65(59(73)39-53)92-42-49-15-10-17-52(74)36-49)63(82)40-62(81)47(4)67(45(2)34-48-14-11-18-56(37-48)91-7)94-71(86)61-21-8-9-31-80(61)70(85)68(84)72(87,88)46(3)35-55(90-6)20-13-19-54(33-44)89-5/h10,15,17,23-28,32,34,36,38-39,43,46-48,50,54-56,61-62,67,75,81,87-88H,8-9,11-14,16,18-22,29-31,33,35,37,40-42H2,1-7H3,(H,76,83)(H,77,78,79)/b44-32+,45-34+/t46-,47-,48+,50-,54-,55-,56+,61+,62+,67-/m1/s1. The summed E-state index contributed by atoms with van der Waals surface area (Å²) in [4.78, 5) is 80.5. The average Bonchev–Trinajstić information content (AvgIpc) is 1.04. The van der Waals surface area contributed by atoms with Crippen LogP contribution in [-0.4, -0.2) is 143 Å². The van der Waals surface area contributed by atoms with Crippen LogP contribution in [0.3, 0.4) is 0 Å². The van der Waals surface area contributed by atoms with Gasteiger partial charge in [0.2, 0.25) is 11.7 Å². The number of hydrogen-bond acceptors (Lipinski definition) is 18. The lowest BCUT2D eigenvalue weighted by Crippen LogP contribution is -2.58. The Balaban J connectivity index is 0.893. The van der Waals surface area contributed by atoms with Crippen molar-refractivity contribution in [2.45, 2.75) is 186 Å². The van der Waals surface area contributed by atoms with Gasteiger partial charge < -0.3 is 64.3 Å². The zero-order chi connectivity index (χ0) is 67.5. The van der Waals surface area contributed by atoms with Crippen molar-refractivity contribution in [2.24, 2.45) is 23.7 Å². The average molecular weight is 1320 g/mol. The van der Waals surface area contributed by atoms with Crippen molar-refractivity contribution >= 4 is 63.4 Å². The van der Waals surface area contributed by atoms with Crippen molar-refractivity contribution in [3.63, 3.8) is 0 Å². The van der Waals surface area contributed by atoms with Crippen LogP contribution in [0, 0.1) is 29.5 Å². The van der Waals surface area contributed by atoms with Crippen LogP contribution in [0.1, 0.15) is 142 Å². The number of nitrogens with zero attached hydrogens (tertiary/aromatic N) is 3. The van der Waals surface area contributed by atoms with Gasteiger partial charge in [-0.3, -0.25) is 19.2 Å². The number of fused-ring (bicyclic) bond motifs is 2. The number of ether oxygens (including phenoxy) is 5. The maximum atomic E-state index is 14.7. The van der Waals surface area contributed by atoms with Crippen LogP contribution < -0.4 is 20.7 Å². The van der Waals surface area contributed by atoms with Crippen molar-refractivity contribution in [2.75, 3.05) is 46.3 Å². The molecule has 3 aromatic carbocycles. The van der Waals surface area contributed by atoms with E-state index in [0.717, 1.165) is 47.1 Å². The second-order valence-electron chi connectivity index (χ2n) is 25.6. The molecule has 1 aliphatic carbocycles. The summed E-state index contributed by atoms with van der Waals surface area (Å²) in [6, 6.07) is 19.8. The van der Waals surface area contributed by atoms with E-state index < -0.39 is 65.6 Å². The molecule has 2 fully saturated rings. The number of nitrogens with one attached hydrogen (secondary N) is 3. The van der Waals surface area contributed by atoms with Gasteiger partial charge in [-0.05, 0) is 175 Å². The number of methoxy groups -OCH3 is 3. The minimum Gasteiger partial charge on any atom is -0.487 e. The smallest absolute Gasteiger partial charge is 0.329 e. The summed E-state index contributed by atoms with van der Waals surface area (Å²) in [5.74, 6) is -7.51. The molecule has 2 amide bonds. The molecule has 22 heteroatoms. The monoisotopic (exact) mass is 1320 g/mol. The van der Waals surface area contributed by atoms with Crippen LogP contribution in [0.15, 0.2) is 107 Å². The molecule has 20 nitrogen and oxygen atoms in total. The van der Waals surface area contributed by atoms with Gasteiger partial charge in [0.05, 0.1) is 41.5 Å². The second kappa shape index (κ2) is 35.2. The topological polar surface area (TPSA) is 270 Å². The number of rotatable bonds is 20. The first-order valence-corrected chi connectivity index (χ1v) is 33.4. The number of hydrogen-bond donors (Lipinski definition) is 6. The molecule has 6 N–H and O–H groups in total. The van der Waals surface area contributed by atoms with E-state index in [2.05, 4.69) is 25.9 Å². The number of amides is 2. The normalized spacial score (nSPS) is 25.6. The number of esters is 1. The Kier molecular flexibility index (Phi) is 27.3. The van der Waals surface area contributed by atoms with Crippen LogP contribution in [0.2, 0.25) is 5.02 Å². The minimum atomic E-state index is -3.06. The van der Waals surface area contributed by atoms with E-state index in [9.17, 15) is 43.7 Å². The first-order chi connectivity index (χ1) is 45.1. The van der Waals surface area contributed by atoms with Gasteiger partial charge in [0.25, 0.3) is 11.7 Å². The molecule has 1 saturated heterocycles. The number of allylic oxidation sites excluding steroid dienone is 2. The van der Waals surface area contributed by atoms with E-state index in [1.165, 1.54) is 32.5 Å². The molecule has 2 aliphatic heterocycles. The fourth-order valence-corrected chi connectivity index (χ4v) is 13.2. The van der Waals surface area contributed by atoms with Gasteiger partial charge in [0.15, 0.2) is 0 Å². The van der Waals surface area contributed by atoms with Gasteiger partial charge in [-0.2, -0.15) is 0 Å². The predicted octanol–water partition coefficient (Wildman–Crippen LogP) is 11.2. The zero-order valence-corrected chi connectivity index (χ0v) is 56.0. The summed E-state index contributed by atoms with van der Waals surface area (Å²) >= 11 is 6.60. The van der Waals surface area contributed by atoms with Crippen LogP contribution in [0.4, 0.5) is 15.9 Å². The fraction of sp³-hybridized carbons (Fsp3) is 0.542. The SMILES string of the molecule is CO[C@@H]1CCC[C@@H](OC)C[C@@H](C)C(O)(O)C(=O)C(=O)N2CCCC[C@H]2C(=O)O[C@H](/C(C)=C/[C@@H]2CCC[C@H](OC)C2)[C@H](C)[C@@H](O)CC(=O)[C@H](CCCC(=O)NCCNCc2ccc(-c3ccc4ncnc(Nc5ccc(OCc6cccc(F)c6)c(Cl)c5)c4c3)o2)/C=C(\C)C1. The second-order valence-corrected chi connectivity index (χ2v) is 26.1. The lowest BCUT2D eigenvalue weighted by molar-refractivity contribution is -0.208. The van der Waals surface area contributed by atoms with Gasteiger partial charge in [-0.25, -0.2) is 19.2 Å². The molecule has 1 saturated carbocycles. The molecule has 510 valence electrons. The maximum Gasteiger partial charge on any atom is 0.329 e. The molecule has 0 spiro atoms. The number of benzene rings is 3. The molecular weight excluding hydrogens is 1230 g/mol. The van der Waals surface area contributed by atoms with E-state index in [-0.39, 0.29) is 74.5 Å². The summed E-state index contributed by atoms with van der Waals surface area (Å²) in [6.45, 7) is 8.29. The molecular formula is C72H94ClFN6O14. The van der Waals surface area contributed by atoms with Gasteiger partial charge >= 0.3 is 5.97 Å². The number of ketones is 2. The Morgan fingerprint density at radius 1 is 0.862 bits per heavy atom. The molecule has 5 aromatic rings. The molecule has 0 bridgehead atoms. The predicted molar refractivity (Wildman–Crippen MR) is 355 cm³/mol. The molecule has 4 heterocycles. The largest absolute Gasteiger partial charge is 0.487 e. The lowest BCUT2D eigenvalue weighted by Gasteiger charge is -2.38. The van der Waals surface area contributed by atoms with Crippen molar-refractivity contribution in [1.82, 2.24) is 25.5 Å². The quantitative estimate of drug-likeness (QED) is 0.0139. The summed E-state index contributed by atoms with van der Waals surface area (Å²) in [5, 5.41) is 45.6. The Hall–Kier alpha value is -6.95. The summed E-state index contributed by atoms with van der Waals surface area (Å²) < 4.78 is 49.5. The maximum absolute atomic E-state index is 14.7. The number of anilines is 2. The number of Topliss-reactive ketones (excluding diaryl/α,β-unsaturated/α-hetero) is 2. The molecule has 8 rings (SSSR count). The van der Waals surface area contributed by atoms with Crippen molar-refractivity contribution in [1.29, 1.82) is 0 Å². The molecule has 10 atom stereocenters. The number of piperidine rings is 1. The number of halogens is 2. The van der Waals surface area contributed by atoms with E-state index in [0.29, 0.717) is 121 Å². The third-order valence-electron chi connectivity index (χ3n) is 18.6. The number of carbonyl (C=O) groups excluding carboxylic acids is 5. The molecule has 0 radical (unpaired) electrons. The van der Waals surface area contributed by atoms with Gasteiger partial charge in [0, 0.05) is 88.2 Å². The third kappa shape index (κ3) is 20.3. The van der Waals surface area contributed by atoms with E-state index in [4.69, 9.17) is 39.7 Å². The van der Waals surface area contributed by atoms with Crippen molar-refractivity contribution in [3.05, 3.63) is 125 Å². The van der Waals surface area contributed by atoms with E-state index >= 15 is 0 Å². The van der Waals surface area contributed by atoms with Gasteiger partial charge in [-0.15, -0.1) is 0 Å². The van der Waals surface area contributed by atoms with E-state index in [1.54, 1.807) is 45.4 Å². The Labute approximate surface area is 555 Å². The number of aromatic nitrogens is 2. The Bertz CT molecular complexity index is 3430. The number of furan rings is 1. The lowest BCUT2D eigenvalue weighted by atomic mass is 9.82. The van der Waals surface area contributed by atoms with Crippen molar-refractivity contribution < 1.29 is 71.8 Å². The molecule has 94 heavy (non-hydrogen) atoms. The van der Waals surface area contributed by atoms with Crippen LogP contribution >= 0.6 is 11.6 Å². The zero-order valence-electron chi connectivity index (χ0n) is 55.2. The first kappa shape index (κ1) is 72.9. The molecule has 2 aromatic heterocycles. The van der Waals surface area contributed by atoms with Gasteiger partial charge in [-0.1, -0.05) is 61.7 Å². The highest BCUT2D eigenvalue weighted by molar-refractivity contribution is 6.39.